The summed E-state index contributed by atoms with van der Waals surface area (Å²) in [7, 11) is 0. The van der Waals surface area contributed by atoms with Gasteiger partial charge in [0.15, 0.2) is 0 Å². The lowest BCUT2D eigenvalue weighted by molar-refractivity contribution is -0.116. The van der Waals surface area contributed by atoms with Crippen molar-refractivity contribution in [2.45, 2.75) is 20.8 Å². The standard InChI is InChI=1S/C20H20N4O2/c1-13-4-9-19(14(2)10-13)23-20(26)16(11-21)12-24(15(3)25)18-7-5-17(22)6-8-18/h4-10,12H,22H2,1-3H3,(H,23,26)/b16-12-. The molecule has 0 saturated heterocycles. The van der Waals surface area contributed by atoms with Crippen LogP contribution < -0.4 is 16.0 Å². The molecule has 2 aromatic carbocycles. The quantitative estimate of drug-likeness (QED) is 0.503. The van der Waals surface area contributed by atoms with Crippen molar-refractivity contribution >= 4 is 28.9 Å². The molecule has 3 N–H and O–H groups in total. The normalized spacial score (nSPS) is 10.8. The molecule has 26 heavy (non-hydrogen) atoms. The van der Waals surface area contributed by atoms with Crippen LogP contribution in [0.3, 0.4) is 0 Å². The van der Waals surface area contributed by atoms with Gasteiger partial charge in [0.2, 0.25) is 5.91 Å². The van der Waals surface area contributed by atoms with Crippen LogP contribution in [0.25, 0.3) is 0 Å². The van der Waals surface area contributed by atoms with Gasteiger partial charge < -0.3 is 11.1 Å². The number of aryl methyl sites for hydroxylation is 2. The number of hydrogen-bond acceptors (Lipinski definition) is 4. The summed E-state index contributed by atoms with van der Waals surface area (Å²) in [6.07, 6.45) is 1.23. The summed E-state index contributed by atoms with van der Waals surface area (Å²) < 4.78 is 0. The highest BCUT2D eigenvalue weighted by Gasteiger charge is 2.16. The highest BCUT2D eigenvalue weighted by molar-refractivity contribution is 6.08. The molecule has 2 amide bonds. The highest BCUT2D eigenvalue weighted by atomic mass is 16.2. The number of carbonyl (C=O) groups excluding carboxylic acids is 2. The van der Waals surface area contributed by atoms with Gasteiger partial charge in [-0.15, -0.1) is 0 Å². The van der Waals surface area contributed by atoms with E-state index in [0.29, 0.717) is 17.1 Å². The second-order valence-corrected chi connectivity index (χ2v) is 5.91. The van der Waals surface area contributed by atoms with Crippen molar-refractivity contribution in [1.82, 2.24) is 0 Å². The minimum Gasteiger partial charge on any atom is -0.399 e. The van der Waals surface area contributed by atoms with E-state index in [1.54, 1.807) is 30.3 Å². The number of nitrogens with zero attached hydrogens (tertiary/aromatic N) is 2. The van der Waals surface area contributed by atoms with Crippen molar-refractivity contribution in [3.05, 3.63) is 65.4 Å². The number of nitrogens with one attached hydrogen (secondary N) is 1. The van der Waals surface area contributed by atoms with Crippen LogP contribution >= 0.6 is 0 Å². The first-order valence-corrected chi connectivity index (χ1v) is 7.97. The summed E-state index contributed by atoms with van der Waals surface area (Å²) in [6, 6.07) is 14.0. The van der Waals surface area contributed by atoms with E-state index in [4.69, 9.17) is 5.73 Å². The number of benzene rings is 2. The molecular weight excluding hydrogens is 328 g/mol. The van der Waals surface area contributed by atoms with Gasteiger partial charge in [-0.05, 0) is 49.7 Å². The molecule has 0 aliphatic rings. The van der Waals surface area contributed by atoms with Crippen LogP contribution in [0, 0.1) is 25.2 Å². The highest BCUT2D eigenvalue weighted by Crippen LogP contribution is 2.20. The van der Waals surface area contributed by atoms with Crippen molar-refractivity contribution in [3.63, 3.8) is 0 Å². The molecule has 2 rings (SSSR count). The Morgan fingerprint density at radius 2 is 1.81 bits per heavy atom. The molecule has 0 fully saturated rings. The molecule has 0 heterocycles. The van der Waals surface area contributed by atoms with Crippen LogP contribution in [0.15, 0.2) is 54.2 Å². The molecule has 0 aliphatic carbocycles. The lowest BCUT2D eigenvalue weighted by atomic mass is 10.1. The molecule has 6 heteroatoms. The predicted molar refractivity (Wildman–Crippen MR) is 102 cm³/mol. The van der Waals surface area contributed by atoms with E-state index in [2.05, 4.69) is 5.32 Å². The molecule has 132 valence electrons. The van der Waals surface area contributed by atoms with Crippen LogP contribution in [-0.2, 0) is 9.59 Å². The number of nitrogen functional groups attached to an aromatic ring is 1. The van der Waals surface area contributed by atoms with Gasteiger partial charge in [-0.2, -0.15) is 5.26 Å². The van der Waals surface area contributed by atoms with Gasteiger partial charge in [0.1, 0.15) is 11.6 Å². The Labute approximate surface area is 152 Å². The Hall–Kier alpha value is -3.59. The van der Waals surface area contributed by atoms with E-state index >= 15 is 0 Å². The van der Waals surface area contributed by atoms with Crippen molar-refractivity contribution in [2.24, 2.45) is 0 Å². The summed E-state index contributed by atoms with van der Waals surface area (Å²) in [5.41, 5.74) is 9.11. The molecule has 0 unspecified atom stereocenters. The van der Waals surface area contributed by atoms with Crippen LogP contribution in [0.1, 0.15) is 18.1 Å². The minimum atomic E-state index is -0.582. The molecule has 0 spiro atoms. The number of rotatable bonds is 4. The second-order valence-electron chi connectivity index (χ2n) is 5.91. The first-order chi connectivity index (χ1) is 12.3. The molecule has 0 atom stereocenters. The van der Waals surface area contributed by atoms with Gasteiger partial charge in [-0.3, -0.25) is 14.5 Å². The second kappa shape index (κ2) is 7.99. The fourth-order valence-corrected chi connectivity index (χ4v) is 2.39. The maximum Gasteiger partial charge on any atom is 0.267 e. The molecule has 6 nitrogen and oxygen atoms in total. The Bertz CT molecular complexity index is 908. The third kappa shape index (κ3) is 4.48. The van der Waals surface area contributed by atoms with Gasteiger partial charge in [-0.25, -0.2) is 0 Å². The van der Waals surface area contributed by atoms with Crippen molar-refractivity contribution < 1.29 is 9.59 Å². The molecule has 0 bridgehead atoms. The first-order valence-electron chi connectivity index (χ1n) is 7.97. The number of anilines is 3. The van der Waals surface area contributed by atoms with Gasteiger partial charge in [-0.1, -0.05) is 17.7 Å². The van der Waals surface area contributed by atoms with Gasteiger partial charge in [0, 0.05) is 30.2 Å². The van der Waals surface area contributed by atoms with Crippen LogP contribution in [0.4, 0.5) is 17.1 Å². The Morgan fingerprint density at radius 1 is 1.15 bits per heavy atom. The zero-order valence-electron chi connectivity index (χ0n) is 14.9. The average molecular weight is 348 g/mol. The zero-order valence-corrected chi connectivity index (χ0v) is 14.9. The van der Waals surface area contributed by atoms with E-state index in [1.165, 1.54) is 18.0 Å². The Kier molecular flexibility index (Phi) is 5.76. The molecule has 2 aromatic rings. The van der Waals surface area contributed by atoms with Crippen molar-refractivity contribution in [3.8, 4) is 6.07 Å². The first kappa shape index (κ1) is 18.7. The molecule has 0 aliphatic heterocycles. The fourth-order valence-electron chi connectivity index (χ4n) is 2.39. The lowest BCUT2D eigenvalue weighted by Crippen LogP contribution is -2.25. The monoisotopic (exact) mass is 348 g/mol. The van der Waals surface area contributed by atoms with Gasteiger partial charge in [0.05, 0.1) is 0 Å². The topological polar surface area (TPSA) is 99.2 Å². The minimum absolute atomic E-state index is 0.183. The molecule has 0 radical (unpaired) electrons. The van der Waals surface area contributed by atoms with E-state index in [9.17, 15) is 14.9 Å². The van der Waals surface area contributed by atoms with Crippen LogP contribution in [0.2, 0.25) is 0 Å². The number of amides is 2. The Balaban J connectivity index is 2.31. The van der Waals surface area contributed by atoms with Crippen LogP contribution in [0.5, 0.6) is 0 Å². The van der Waals surface area contributed by atoms with Gasteiger partial charge >= 0.3 is 0 Å². The number of nitriles is 1. The van der Waals surface area contributed by atoms with E-state index in [0.717, 1.165) is 11.1 Å². The van der Waals surface area contributed by atoms with E-state index in [-0.39, 0.29) is 11.5 Å². The van der Waals surface area contributed by atoms with Crippen molar-refractivity contribution in [2.75, 3.05) is 16.0 Å². The lowest BCUT2D eigenvalue weighted by Gasteiger charge is -2.17. The number of hydrogen-bond donors (Lipinski definition) is 2. The maximum absolute atomic E-state index is 12.5. The summed E-state index contributed by atoms with van der Waals surface area (Å²) in [6.45, 7) is 5.18. The Morgan fingerprint density at radius 3 is 2.35 bits per heavy atom. The van der Waals surface area contributed by atoms with Crippen LogP contribution in [-0.4, -0.2) is 11.8 Å². The third-order valence-electron chi connectivity index (χ3n) is 3.76. The maximum atomic E-state index is 12.5. The predicted octanol–water partition coefficient (Wildman–Crippen LogP) is 3.28. The smallest absolute Gasteiger partial charge is 0.267 e. The average Bonchev–Trinajstić information content (AvgIpc) is 2.59. The van der Waals surface area contributed by atoms with Crippen molar-refractivity contribution in [1.29, 1.82) is 5.26 Å². The third-order valence-corrected chi connectivity index (χ3v) is 3.76. The molecule has 0 aromatic heterocycles. The van der Waals surface area contributed by atoms with E-state index in [1.807, 2.05) is 32.0 Å². The zero-order chi connectivity index (χ0) is 19.3. The largest absolute Gasteiger partial charge is 0.399 e. The SMILES string of the molecule is CC(=O)N(/C=C(/C#N)C(=O)Nc1ccc(C)cc1C)c1ccc(N)cc1. The number of nitrogens with two attached hydrogens (primary N) is 1. The summed E-state index contributed by atoms with van der Waals surface area (Å²) in [5.74, 6) is -0.914. The summed E-state index contributed by atoms with van der Waals surface area (Å²) >= 11 is 0. The molecular formula is C20H20N4O2. The van der Waals surface area contributed by atoms with Gasteiger partial charge in [0.25, 0.3) is 5.91 Å². The summed E-state index contributed by atoms with van der Waals surface area (Å²) in [5, 5.41) is 12.1. The summed E-state index contributed by atoms with van der Waals surface area (Å²) in [4.78, 5) is 25.7. The number of carbonyl (C=O) groups is 2. The fraction of sp³-hybridized carbons (Fsp3) is 0.150. The van der Waals surface area contributed by atoms with E-state index < -0.39 is 5.91 Å². The molecule has 0 saturated carbocycles.